The van der Waals surface area contributed by atoms with Crippen LogP contribution in [-0.4, -0.2) is 0 Å². The molecule has 2 aromatic carbocycles. The molecule has 0 saturated carbocycles. The van der Waals surface area contributed by atoms with Gasteiger partial charge in [-0.3, -0.25) is 0 Å². The lowest BCUT2D eigenvalue weighted by Gasteiger charge is -2.67. The van der Waals surface area contributed by atoms with Crippen LogP contribution in [0.1, 0.15) is 95.5 Å². The van der Waals surface area contributed by atoms with Crippen LogP contribution in [0.15, 0.2) is 102 Å². The third-order valence-corrected chi connectivity index (χ3v) is 11.9. The Morgan fingerprint density at radius 1 is 0.900 bits per heavy atom. The van der Waals surface area contributed by atoms with E-state index in [1.54, 1.807) is 0 Å². The molecule has 0 bridgehead atoms. The second kappa shape index (κ2) is 9.20. The van der Waals surface area contributed by atoms with E-state index in [1.807, 2.05) is 0 Å². The highest BCUT2D eigenvalue weighted by Gasteiger charge is 2.65. The Kier molecular flexibility index (Phi) is 6.53. The van der Waals surface area contributed by atoms with Gasteiger partial charge in [-0.1, -0.05) is 119 Å². The minimum absolute atomic E-state index is 0.0130. The summed E-state index contributed by atoms with van der Waals surface area (Å²) in [5, 5.41) is 0. The number of allylic oxidation sites excluding steroid dienone is 8. The number of hydrogen-bond donors (Lipinski definition) is 0. The Labute approximate surface area is 244 Å². The standard InChI is InChI=1S/C40H48/c1-23(2)32-19-17-31(18-20-32)21-34-33-16-14-15-25(5)36(33)27(7)37-29(9)40(13)28(8)35(24(3)4)26(6)22-38(40,11)30(10)39(34,37)12/h14-20,30,34H,1,3,7-8,21-22H2,2,4-6,9-13H3/t30-,34+,38-,39-,40+/m0/s1. The van der Waals surface area contributed by atoms with Gasteiger partial charge in [0, 0.05) is 10.8 Å². The van der Waals surface area contributed by atoms with E-state index in [1.165, 1.54) is 61.3 Å². The molecular weight excluding hydrogens is 480 g/mol. The average Bonchev–Trinajstić information content (AvgIpc) is 2.88. The van der Waals surface area contributed by atoms with Gasteiger partial charge in [-0.15, -0.1) is 0 Å². The van der Waals surface area contributed by atoms with Crippen LogP contribution in [0.25, 0.3) is 11.1 Å². The Balaban J connectivity index is 1.81. The van der Waals surface area contributed by atoms with Crippen molar-refractivity contribution in [3.63, 3.8) is 0 Å². The van der Waals surface area contributed by atoms with E-state index < -0.39 is 0 Å². The normalized spacial score (nSPS) is 31.5. The van der Waals surface area contributed by atoms with Crippen molar-refractivity contribution in [3.8, 4) is 0 Å². The fourth-order valence-electron chi connectivity index (χ4n) is 9.41. The molecule has 0 spiro atoms. The van der Waals surface area contributed by atoms with Gasteiger partial charge in [0.2, 0.25) is 0 Å². The van der Waals surface area contributed by atoms with Crippen LogP contribution < -0.4 is 0 Å². The molecule has 3 aliphatic carbocycles. The van der Waals surface area contributed by atoms with Gasteiger partial charge >= 0.3 is 0 Å². The monoisotopic (exact) mass is 528 g/mol. The fourth-order valence-corrected chi connectivity index (χ4v) is 9.41. The maximum Gasteiger partial charge on any atom is 0.0196 e. The van der Waals surface area contributed by atoms with E-state index >= 15 is 0 Å². The van der Waals surface area contributed by atoms with E-state index in [0.717, 1.165) is 24.0 Å². The Bertz CT molecular complexity index is 1550. The summed E-state index contributed by atoms with van der Waals surface area (Å²) in [5.41, 5.74) is 16.8. The van der Waals surface area contributed by atoms with Crippen LogP contribution in [0.2, 0.25) is 0 Å². The van der Waals surface area contributed by atoms with Crippen molar-refractivity contribution in [2.75, 3.05) is 0 Å². The lowest BCUT2D eigenvalue weighted by Crippen LogP contribution is -2.59. The van der Waals surface area contributed by atoms with E-state index in [9.17, 15) is 0 Å². The van der Waals surface area contributed by atoms with Crippen LogP contribution in [-0.2, 0) is 6.42 Å². The molecule has 0 amide bonds. The molecule has 0 heterocycles. The van der Waals surface area contributed by atoms with Crippen molar-refractivity contribution in [3.05, 3.63) is 130 Å². The second-order valence-electron chi connectivity index (χ2n) is 13.9. The predicted molar refractivity (Wildman–Crippen MR) is 175 cm³/mol. The van der Waals surface area contributed by atoms with Gasteiger partial charge in [-0.25, -0.2) is 0 Å². The first-order valence-corrected chi connectivity index (χ1v) is 14.9. The number of benzene rings is 2. The average molecular weight is 529 g/mol. The zero-order valence-corrected chi connectivity index (χ0v) is 26.4. The first-order chi connectivity index (χ1) is 18.6. The highest BCUT2D eigenvalue weighted by molar-refractivity contribution is 5.87. The van der Waals surface area contributed by atoms with Gasteiger partial charge in [-0.05, 0) is 115 Å². The molecule has 2 aromatic rings. The minimum Gasteiger partial charge on any atom is -0.0955 e. The zero-order chi connectivity index (χ0) is 29.5. The van der Waals surface area contributed by atoms with Crippen molar-refractivity contribution in [2.24, 2.45) is 22.2 Å². The molecule has 0 aliphatic heterocycles. The molecule has 0 radical (unpaired) electrons. The predicted octanol–water partition coefficient (Wildman–Crippen LogP) is 11.2. The van der Waals surface area contributed by atoms with E-state index in [4.69, 9.17) is 13.2 Å². The molecule has 3 aliphatic rings. The molecule has 0 nitrogen and oxygen atoms in total. The summed E-state index contributed by atoms with van der Waals surface area (Å²) in [6.45, 7) is 39.5. The van der Waals surface area contributed by atoms with E-state index in [-0.39, 0.29) is 16.2 Å². The largest absolute Gasteiger partial charge is 0.0955 e. The first kappa shape index (κ1) is 28.4. The van der Waals surface area contributed by atoms with Crippen LogP contribution in [0, 0.1) is 29.1 Å². The molecule has 0 fully saturated rings. The zero-order valence-electron chi connectivity index (χ0n) is 26.4. The van der Waals surface area contributed by atoms with Gasteiger partial charge in [0.05, 0.1) is 0 Å². The molecule has 0 aromatic heterocycles. The molecule has 0 N–H and O–H groups in total. The van der Waals surface area contributed by atoms with Gasteiger partial charge in [0.25, 0.3) is 0 Å². The minimum atomic E-state index is -0.175. The summed E-state index contributed by atoms with van der Waals surface area (Å²) < 4.78 is 0. The van der Waals surface area contributed by atoms with Gasteiger partial charge in [0.15, 0.2) is 0 Å². The van der Waals surface area contributed by atoms with Crippen molar-refractivity contribution >= 4 is 11.1 Å². The Morgan fingerprint density at radius 2 is 1.52 bits per heavy atom. The lowest BCUT2D eigenvalue weighted by atomic mass is 9.36. The maximum atomic E-state index is 4.86. The highest BCUT2D eigenvalue weighted by atomic mass is 14.7. The van der Waals surface area contributed by atoms with Crippen molar-refractivity contribution < 1.29 is 0 Å². The SMILES string of the molecule is C=C(C)C1=C(C)C[C@@]2(C)[C@H](C)[C@]3(C)C(=C(C)[C@@]2(C)C1=C)C(=C)c1c(C)cccc1[C@H]3Cc1ccc(C(=C)C)cc1. The molecule has 0 heteroatoms. The summed E-state index contributed by atoms with van der Waals surface area (Å²) in [6, 6.07) is 16.0. The summed E-state index contributed by atoms with van der Waals surface area (Å²) in [7, 11) is 0. The van der Waals surface area contributed by atoms with Crippen LogP contribution in [0.4, 0.5) is 0 Å². The van der Waals surface area contributed by atoms with Gasteiger partial charge < -0.3 is 0 Å². The third-order valence-electron chi connectivity index (χ3n) is 11.9. The van der Waals surface area contributed by atoms with Crippen LogP contribution in [0.3, 0.4) is 0 Å². The lowest BCUT2D eigenvalue weighted by molar-refractivity contribution is -0.0285. The number of hydrogen-bond acceptors (Lipinski definition) is 0. The molecular formula is C40H48. The van der Waals surface area contributed by atoms with Crippen molar-refractivity contribution in [2.45, 2.75) is 81.1 Å². The molecule has 0 saturated heterocycles. The molecule has 208 valence electrons. The van der Waals surface area contributed by atoms with Gasteiger partial charge in [0.1, 0.15) is 0 Å². The summed E-state index contributed by atoms with van der Waals surface area (Å²) >= 11 is 0. The summed E-state index contributed by atoms with van der Waals surface area (Å²) in [5.74, 6) is 0.733. The Hall–Kier alpha value is -3.12. The molecule has 40 heavy (non-hydrogen) atoms. The summed E-state index contributed by atoms with van der Waals surface area (Å²) in [4.78, 5) is 0. The number of fused-ring (bicyclic) bond motifs is 3. The first-order valence-electron chi connectivity index (χ1n) is 14.9. The number of rotatable bonds is 4. The fraction of sp³-hybridized carbons (Fsp3) is 0.400. The van der Waals surface area contributed by atoms with Crippen molar-refractivity contribution in [1.29, 1.82) is 0 Å². The highest BCUT2D eigenvalue weighted by Crippen LogP contribution is 2.74. The third kappa shape index (κ3) is 3.50. The molecule has 0 unspecified atom stereocenters. The Morgan fingerprint density at radius 3 is 2.10 bits per heavy atom. The molecule has 5 atom stereocenters. The maximum absolute atomic E-state index is 4.86. The topological polar surface area (TPSA) is 0 Å². The smallest absolute Gasteiger partial charge is 0.0196 e. The van der Waals surface area contributed by atoms with Crippen LogP contribution in [0.5, 0.6) is 0 Å². The molecule has 5 rings (SSSR count). The van der Waals surface area contributed by atoms with Gasteiger partial charge in [-0.2, -0.15) is 0 Å². The van der Waals surface area contributed by atoms with Crippen molar-refractivity contribution in [1.82, 2.24) is 0 Å². The summed E-state index contributed by atoms with van der Waals surface area (Å²) in [6.07, 6.45) is 2.05. The number of aryl methyl sites for hydroxylation is 1. The van der Waals surface area contributed by atoms with E-state index in [0.29, 0.717) is 11.8 Å². The van der Waals surface area contributed by atoms with E-state index in [2.05, 4.69) is 118 Å². The second-order valence-corrected chi connectivity index (χ2v) is 13.9. The van der Waals surface area contributed by atoms with Crippen LogP contribution >= 0.6 is 0 Å². The quantitative estimate of drug-likeness (QED) is 0.370.